The summed E-state index contributed by atoms with van der Waals surface area (Å²) in [6.45, 7) is 0. The van der Waals surface area contributed by atoms with Gasteiger partial charge in [0, 0.05) is 17.5 Å². The maximum atomic E-state index is 12.5. The first-order chi connectivity index (χ1) is 10.2. The van der Waals surface area contributed by atoms with E-state index < -0.39 is 17.8 Å². The van der Waals surface area contributed by atoms with Gasteiger partial charge in [0.15, 0.2) is 0 Å². The largest absolute Gasteiger partial charge is 0.496 e. The van der Waals surface area contributed by atoms with Crippen molar-refractivity contribution in [2.75, 3.05) is 14.2 Å². The molecule has 0 fully saturated rings. The highest BCUT2D eigenvalue weighted by Crippen LogP contribution is 2.42. The first-order valence-corrected chi connectivity index (χ1v) is 6.61. The summed E-state index contributed by atoms with van der Waals surface area (Å²) in [5.41, 5.74) is 1.58. The van der Waals surface area contributed by atoms with Crippen molar-refractivity contribution in [3.05, 3.63) is 53.9 Å². The zero-order chi connectivity index (χ0) is 15.0. The molecule has 3 rings (SSSR count). The van der Waals surface area contributed by atoms with Crippen LogP contribution < -0.4 is 4.74 Å². The third kappa shape index (κ3) is 1.93. The van der Waals surface area contributed by atoms with E-state index in [1.807, 2.05) is 30.3 Å². The molecule has 0 saturated heterocycles. The van der Waals surface area contributed by atoms with Crippen LogP contribution in [0.5, 0.6) is 5.75 Å². The molecular weight excluding hydrogens is 270 g/mol. The van der Waals surface area contributed by atoms with E-state index in [1.165, 1.54) is 11.7 Å². The van der Waals surface area contributed by atoms with E-state index in [-0.39, 0.29) is 5.91 Å². The van der Waals surface area contributed by atoms with Gasteiger partial charge in [0.1, 0.15) is 11.7 Å². The summed E-state index contributed by atoms with van der Waals surface area (Å²) >= 11 is 0. The topological polar surface area (TPSA) is 57.5 Å². The van der Waals surface area contributed by atoms with E-state index in [0.717, 1.165) is 11.3 Å². The molecule has 2 unspecified atom stereocenters. The van der Waals surface area contributed by atoms with Crippen LogP contribution >= 0.6 is 0 Å². The molecule has 0 N–H and O–H groups in total. The lowest BCUT2D eigenvalue weighted by molar-refractivity contribution is -0.143. The summed E-state index contributed by atoms with van der Waals surface area (Å²) in [5.74, 6) is -1.41. The molecule has 0 bridgehead atoms. The van der Waals surface area contributed by atoms with E-state index in [0.29, 0.717) is 5.75 Å². The molecule has 0 spiro atoms. The van der Waals surface area contributed by atoms with Gasteiger partial charge in [-0.1, -0.05) is 18.2 Å². The van der Waals surface area contributed by atoms with Crippen molar-refractivity contribution < 1.29 is 19.1 Å². The molecule has 2 atom stereocenters. The fourth-order valence-corrected chi connectivity index (χ4v) is 2.94. The molecule has 0 aliphatic carbocycles. The van der Waals surface area contributed by atoms with Crippen LogP contribution in [0.1, 0.15) is 22.0 Å². The lowest BCUT2D eigenvalue weighted by Crippen LogP contribution is -2.27. The van der Waals surface area contributed by atoms with E-state index >= 15 is 0 Å². The number of rotatable bonds is 3. The average Bonchev–Trinajstić information content (AvgIpc) is 3.09. The number of aromatic nitrogens is 1. The van der Waals surface area contributed by atoms with Gasteiger partial charge in [-0.15, -0.1) is 0 Å². The predicted octanol–water partition coefficient (Wildman–Crippen LogP) is 2.07. The Morgan fingerprint density at radius 2 is 1.90 bits per heavy atom. The van der Waals surface area contributed by atoms with Crippen LogP contribution in [0.25, 0.3) is 0 Å². The molecule has 0 amide bonds. The molecule has 0 radical (unpaired) electrons. The van der Waals surface area contributed by atoms with Crippen LogP contribution in [-0.2, 0) is 9.53 Å². The fourth-order valence-electron chi connectivity index (χ4n) is 2.94. The number of carbonyl (C=O) groups excluding carboxylic acids is 2. The normalized spacial score (nSPS) is 20.2. The third-order valence-electron chi connectivity index (χ3n) is 3.86. The van der Waals surface area contributed by atoms with E-state index in [1.54, 1.807) is 19.4 Å². The molecule has 1 aliphatic rings. The first kappa shape index (κ1) is 13.4. The number of para-hydroxylation sites is 1. The quantitative estimate of drug-likeness (QED) is 0.640. The first-order valence-electron chi connectivity index (χ1n) is 6.61. The van der Waals surface area contributed by atoms with Crippen LogP contribution in [0.15, 0.2) is 42.6 Å². The monoisotopic (exact) mass is 285 g/mol. The van der Waals surface area contributed by atoms with Gasteiger partial charge in [-0.3, -0.25) is 14.2 Å². The number of fused-ring (bicyclic) bond motifs is 1. The van der Waals surface area contributed by atoms with E-state index in [4.69, 9.17) is 9.47 Å². The maximum Gasteiger partial charge on any atom is 0.319 e. The summed E-state index contributed by atoms with van der Waals surface area (Å²) in [5, 5.41) is 0. The van der Waals surface area contributed by atoms with Gasteiger partial charge in [0.05, 0.1) is 20.1 Å². The maximum absolute atomic E-state index is 12.5. The summed E-state index contributed by atoms with van der Waals surface area (Å²) < 4.78 is 11.7. The van der Waals surface area contributed by atoms with Crippen LogP contribution in [0.3, 0.4) is 0 Å². The van der Waals surface area contributed by atoms with Crippen molar-refractivity contribution in [3.63, 3.8) is 0 Å². The van der Waals surface area contributed by atoms with Crippen molar-refractivity contribution in [1.82, 2.24) is 4.57 Å². The van der Waals surface area contributed by atoms with Crippen molar-refractivity contribution >= 4 is 11.9 Å². The van der Waals surface area contributed by atoms with Gasteiger partial charge < -0.3 is 9.47 Å². The molecule has 2 heterocycles. The van der Waals surface area contributed by atoms with Crippen LogP contribution in [0.2, 0.25) is 0 Å². The Balaban J connectivity index is 2.17. The highest BCUT2D eigenvalue weighted by Gasteiger charge is 2.46. The second-order valence-electron chi connectivity index (χ2n) is 4.86. The highest BCUT2D eigenvalue weighted by molar-refractivity contribution is 6.03. The van der Waals surface area contributed by atoms with Gasteiger partial charge in [-0.2, -0.15) is 0 Å². The Morgan fingerprint density at radius 1 is 1.14 bits per heavy atom. The van der Waals surface area contributed by atoms with Crippen LogP contribution in [0, 0.1) is 5.92 Å². The molecule has 1 aromatic heterocycles. The molecule has 108 valence electrons. The Kier molecular flexibility index (Phi) is 3.25. The highest BCUT2D eigenvalue weighted by atomic mass is 16.5. The average molecular weight is 285 g/mol. The van der Waals surface area contributed by atoms with Gasteiger partial charge in [0.25, 0.3) is 0 Å². The number of carbonyl (C=O) groups is 2. The Morgan fingerprint density at radius 3 is 2.62 bits per heavy atom. The van der Waals surface area contributed by atoms with Crippen LogP contribution in [-0.4, -0.2) is 30.7 Å². The smallest absolute Gasteiger partial charge is 0.319 e. The molecule has 0 saturated carbocycles. The van der Waals surface area contributed by atoms with E-state index in [9.17, 15) is 9.59 Å². The molecular formula is C16H15NO4. The zero-order valence-corrected chi connectivity index (χ0v) is 11.8. The predicted molar refractivity (Wildman–Crippen MR) is 75.4 cm³/mol. The van der Waals surface area contributed by atoms with Gasteiger partial charge in [-0.05, 0) is 18.2 Å². The number of hydrogen-bond donors (Lipinski definition) is 0. The Bertz CT molecular complexity index is 704. The SMILES string of the molecule is COC(=O)C1C(=O)n2cccc2C1c1ccccc1OC. The minimum absolute atomic E-state index is 0.266. The lowest BCUT2D eigenvalue weighted by Gasteiger charge is -2.18. The third-order valence-corrected chi connectivity index (χ3v) is 3.86. The standard InChI is InChI=1S/C16H15NO4/c1-20-12-8-4-3-6-10(12)13-11-7-5-9-17(11)15(18)14(13)16(19)21-2/h3-9,13-14H,1-2H3. The number of esters is 1. The molecule has 21 heavy (non-hydrogen) atoms. The number of benzene rings is 1. The molecule has 2 aromatic rings. The van der Waals surface area contributed by atoms with Gasteiger partial charge in [0.2, 0.25) is 5.91 Å². The van der Waals surface area contributed by atoms with Crippen molar-refractivity contribution in [3.8, 4) is 5.75 Å². The Labute approximate surface area is 122 Å². The number of nitrogens with zero attached hydrogens (tertiary/aromatic N) is 1. The molecule has 1 aliphatic heterocycles. The molecule has 5 nitrogen and oxygen atoms in total. The number of methoxy groups -OCH3 is 2. The van der Waals surface area contributed by atoms with Crippen molar-refractivity contribution in [1.29, 1.82) is 0 Å². The summed E-state index contributed by atoms with van der Waals surface area (Å²) in [4.78, 5) is 24.5. The number of hydrogen-bond acceptors (Lipinski definition) is 4. The van der Waals surface area contributed by atoms with Gasteiger partial charge >= 0.3 is 5.97 Å². The zero-order valence-electron chi connectivity index (χ0n) is 11.8. The summed E-state index contributed by atoms with van der Waals surface area (Å²) in [6, 6.07) is 11.0. The minimum Gasteiger partial charge on any atom is -0.496 e. The Hall–Kier alpha value is -2.56. The fraction of sp³-hybridized carbons (Fsp3) is 0.250. The van der Waals surface area contributed by atoms with E-state index in [2.05, 4.69) is 0 Å². The van der Waals surface area contributed by atoms with Crippen molar-refractivity contribution in [2.45, 2.75) is 5.92 Å². The second kappa shape index (κ2) is 5.09. The van der Waals surface area contributed by atoms with Gasteiger partial charge in [-0.25, -0.2) is 0 Å². The van der Waals surface area contributed by atoms with Crippen molar-refractivity contribution in [2.24, 2.45) is 5.92 Å². The number of ether oxygens (including phenoxy) is 2. The summed E-state index contributed by atoms with van der Waals surface area (Å²) in [6.07, 6.45) is 1.67. The minimum atomic E-state index is -0.873. The van der Waals surface area contributed by atoms with Crippen LogP contribution in [0.4, 0.5) is 0 Å². The molecule has 1 aromatic carbocycles. The summed E-state index contributed by atoms with van der Waals surface area (Å²) in [7, 11) is 2.87. The second-order valence-corrected chi connectivity index (χ2v) is 4.86. The molecule has 5 heteroatoms. The lowest BCUT2D eigenvalue weighted by atomic mass is 9.85.